The first-order valence-electron chi connectivity index (χ1n) is 13.0. The van der Waals surface area contributed by atoms with Gasteiger partial charge in [0.1, 0.15) is 25.4 Å². The third-order valence-electron chi connectivity index (χ3n) is 7.90. The molecular weight excluding hydrogens is 575 g/mol. The Kier molecular flexibility index (Phi) is 7.03. The van der Waals surface area contributed by atoms with Crippen LogP contribution in [0.1, 0.15) is 40.7 Å². The zero-order valence-electron chi connectivity index (χ0n) is 22.0. The third-order valence-corrected chi connectivity index (χ3v) is 10.2. The first-order valence-corrected chi connectivity index (χ1v) is 15.4. The molecule has 0 bridgehead atoms. The largest absolute Gasteiger partial charge is 0.478 e. The minimum absolute atomic E-state index is 0.0119. The Hall–Kier alpha value is -2.38. The van der Waals surface area contributed by atoms with Crippen molar-refractivity contribution in [1.29, 1.82) is 0 Å². The van der Waals surface area contributed by atoms with Gasteiger partial charge in [-0.25, -0.2) is 9.37 Å². The number of halogens is 3. The van der Waals surface area contributed by atoms with Gasteiger partial charge < -0.3 is 14.4 Å². The molecule has 202 valence electrons. The molecule has 4 aliphatic rings. The van der Waals surface area contributed by atoms with Crippen molar-refractivity contribution in [2.24, 2.45) is 0 Å². The molecule has 1 aliphatic carbocycles. The quantitative estimate of drug-likeness (QED) is 0.113. The Bertz CT molecular complexity index is 1730. The summed E-state index contributed by atoms with van der Waals surface area (Å²) in [5.41, 5.74) is 6.29. The van der Waals surface area contributed by atoms with Crippen LogP contribution < -0.4 is 14.8 Å². The molecule has 2 aromatic rings. The maximum absolute atomic E-state index is 12.7. The van der Waals surface area contributed by atoms with Crippen molar-refractivity contribution in [2.75, 3.05) is 38.3 Å². The monoisotopic (exact) mass is 601 g/mol. The Balaban J connectivity index is 1.87. The van der Waals surface area contributed by atoms with E-state index in [4.69, 9.17) is 39.2 Å². The van der Waals surface area contributed by atoms with E-state index in [-0.39, 0.29) is 20.6 Å². The number of fused-ring (bicyclic) bond motifs is 3. The molecule has 0 unspecified atom stereocenters. The van der Waals surface area contributed by atoms with Crippen molar-refractivity contribution in [3.05, 3.63) is 61.4 Å². The van der Waals surface area contributed by atoms with Gasteiger partial charge in [0.2, 0.25) is 5.36 Å². The van der Waals surface area contributed by atoms with Crippen LogP contribution in [0.4, 0.5) is 5.69 Å². The van der Waals surface area contributed by atoms with Crippen LogP contribution in [0.2, 0.25) is 15.1 Å². The molecule has 0 fully saturated rings. The third kappa shape index (κ3) is 4.22. The summed E-state index contributed by atoms with van der Waals surface area (Å²) in [6, 6.07) is 8.18. The van der Waals surface area contributed by atoms with Crippen LogP contribution in [-0.2, 0) is 12.8 Å². The highest BCUT2D eigenvalue weighted by molar-refractivity contribution is 7.98. The second-order valence-electron chi connectivity index (χ2n) is 10.4. The number of aryl methyl sites for hydroxylation is 2. The lowest BCUT2D eigenvalue weighted by molar-refractivity contribution is 0.0698. The fourth-order valence-electron chi connectivity index (χ4n) is 6.15. The van der Waals surface area contributed by atoms with Gasteiger partial charge in [0.15, 0.2) is 0 Å². The average Bonchev–Trinajstić information content (AvgIpc) is 3.13. The van der Waals surface area contributed by atoms with Crippen LogP contribution in [-0.4, -0.2) is 44.5 Å². The Morgan fingerprint density at radius 1 is 1.00 bits per heavy atom. The van der Waals surface area contributed by atoms with Crippen molar-refractivity contribution in [3.63, 3.8) is 0 Å². The number of benzene rings is 3. The topological polar surface area (TPSA) is 56.7 Å². The van der Waals surface area contributed by atoms with Crippen LogP contribution >= 0.6 is 46.6 Å². The molecule has 0 amide bonds. The molecule has 0 atom stereocenters. The van der Waals surface area contributed by atoms with Gasteiger partial charge in [-0.2, -0.15) is 0 Å². The van der Waals surface area contributed by atoms with Crippen molar-refractivity contribution in [3.8, 4) is 22.5 Å². The second kappa shape index (κ2) is 10.2. The fourth-order valence-corrected chi connectivity index (χ4v) is 8.02. The lowest BCUT2D eigenvalue weighted by Crippen LogP contribution is -2.30. The fraction of sp³-hybridized carbons (Fsp3) is 0.333. The molecule has 0 saturated heterocycles. The molecule has 39 heavy (non-hydrogen) atoms. The standard InChI is InChI=1S/C30H27Cl3N2O3S/c1-34(2)16-9-10-17-20(14-16)38-28-18-8-6-12-35-11-5-4-7-15(27(18)35)13-19(28)21(17)22-23(30(36)37)24(31)26(33)29(39-3)25(22)32/h9-10,13-14H,4-8,11-12H2,1-3H3/p+1. The number of carboxylic acid groups (broad SMARTS) is 1. The van der Waals surface area contributed by atoms with Crippen LogP contribution in [0.15, 0.2) is 33.6 Å². The molecule has 0 saturated carbocycles. The number of rotatable bonds is 3. The van der Waals surface area contributed by atoms with Gasteiger partial charge in [-0.05, 0) is 56.1 Å². The molecule has 3 heterocycles. The average molecular weight is 603 g/mol. The minimum Gasteiger partial charge on any atom is -0.478 e. The van der Waals surface area contributed by atoms with Crippen molar-refractivity contribution < 1.29 is 14.3 Å². The predicted octanol–water partition coefficient (Wildman–Crippen LogP) is 7.71. The van der Waals surface area contributed by atoms with Gasteiger partial charge in [-0.3, -0.25) is 0 Å². The van der Waals surface area contributed by atoms with E-state index in [1.54, 1.807) is 0 Å². The van der Waals surface area contributed by atoms with Gasteiger partial charge in [-0.1, -0.05) is 34.8 Å². The maximum atomic E-state index is 12.7. The normalized spacial score (nSPS) is 15.0. The highest BCUT2D eigenvalue weighted by Gasteiger charge is 2.33. The van der Waals surface area contributed by atoms with Crippen LogP contribution in [0, 0.1) is 0 Å². The summed E-state index contributed by atoms with van der Waals surface area (Å²) in [5, 5.41) is 12.7. The molecule has 1 N–H and O–H groups in total. The number of hydrogen-bond acceptors (Lipinski definition) is 4. The van der Waals surface area contributed by atoms with E-state index in [0.717, 1.165) is 67.1 Å². The van der Waals surface area contributed by atoms with Gasteiger partial charge in [0.05, 0.1) is 26.7 Å². The Morgan fingerprint density at radius 2 is 1.77 bits per heavy atom. The summed E-state index contributed by atoms with van der Waals surface area (Å²) in [4.78, 5) is 15.8. The van der Waals surface area contributed by atoms with Crippen molar-refractivity contribution in [2.45, 2.75) is 37.0 Å². The maximum Gasteiger partial charge on any atom is 0.337 e. The molecular formula is C30H28Cl3N2O3S+. The van der Waals surface area contributed by atoms with Crippen LogP contribution in [0.3, 0.4) is 0 Å². The Labute approximate surface area is 246 Å². The molecule has 0 spiro atoms. The van der Waals surface area contributed by atoms with Gasteiger partial charge in [0.25, 0.3) is 0 Å². The second-order valence-corrected chi connectivity index (χ2v) is 12.3. The Morgan fingerprint density at radius 3 is 2.49 bits per heavy atom. The number of nitrogens with zero attached hydrogens (tertiary/aromatic N) is 2. The number of hydrogen-bond donors (Lipinski definition) is 1. The molecule has 3 aliphatic heterocycles. The summed E-state index contributed by atoms with van der Waals surface area (Å²) < 4.78 is 8.77. The first-order chi connectivity index (χ1) is 18.7. The number of carbonyl (C=O) groups is 1. The lowest BCUT2D eigenvalue weighted by atomic mass is 9.86. The van der Waals surface area contributed by atoms with E-state index < -0.39 is 5.97 Å². The summed E-state index contributed by atoms with van der Waals surface area (Å²) in [7, 11) is 3.96. The van der Waals surface area contributed by atoms with Gasteiger partial charge in [0, 0.05) is 57.4 Å². The lowest BCUT2D eigenvalue weighted by Gasteiger charge is -2.33. The van der Waals surface area contributed by atoms with E-state index in [1.165, 1.54) is 28.6 Å². The molecule has 0 radical (unpaired) electrons. The number of aromatic carboxylic acids is 1. The van der Waals surface area contributed by atoms with E-state index in [9.17, 15) is 9.90 Å². The first kappa shape index (κ1) is 26.8. The van der Waals surface area contributed by atoms with Gasteiger partial charge >= 0.3 is 5.97 Å². The molecule has 2 aromatic carbocycles. The summed E-state index contributed by atoms with van der Waals surface area (Å²) in [6.45, 7) is 2.07. The number of thioether (sulfide) groups is 1. The summed E-state index contributed by atoms with van der Waals surface area (Å²) >= 11 is 21.6. The number of carboxylic acids is 1. The minimum atomic E-state index is -1.18. The van der Waals surface area contributed by atoms with E-state index >= 15 is 0 Å². The van der Waals surface area contributed by atoms with E-state index in [0.29, 0.717) is 21.8 Å². The smallest absolute Gasteiger partial charge is 0.337 e. The van der Waals surface area contributed by atoms with Crippen molar-refractivity contribution >= 4 is 69.2 Å². The highest BCUT2D eigenvalue weighted by atomic mass is 35.5. The SMILES string of the molecule is CSc1c(Cl)c(Cl)c(C(=O)O)c(-c2c3ccc(=[N+](C)C)cc-3oc3c4c5c(cc23)CCCCN5CCC4)c1Cl. The molecule has 5 nitrogen and oxygen atoms in total. The number of anilines is 1. The van der Waals surface area contributed by atoms with Crippen LogP contribution in [0.5, 0.6) is 0 Å². The summed E-state index contributed by atoms with van der Waals surface area (Å²) in [6.07, 6.45) is 6.99. The van der Waals surface area contributed by atoms with E-state index in [1.807, 2.05) is 43.1 Å². The van der Waals surface area contributed by atoms with E-state index in [2.05, 4.69) is 11.0 Å². The molecule has 9 heteroatoms. The zero-order chi connectivity index (χ0) is 27.6. The molecule has 0 aromatic heterocycles. The van der Waals surface area contributed by atoms with Crippen molar-refractivity contribution in [1.82, 2.24) is 4.58 Å². The predicted molar refractivity (Wildman–Crippen MR) is 163 cm³/mol. The zero-order valence-corrected chi connectivity index (χ0v) is 25.0. The summed E-state index contributed by atoms with van der Waals surface area (Å²) in [5.74, 6) is -0.518. The van der Waals surface area contributed by atoms with Crippen LogP contribution in [0.25, 0.3) is 33.4 Å². The van der Waals surface area contributed by atoms with Gasteiger partial charge in [-0.15, -0.1) is 11.8 Å². The molecule has 6 rings (SSSR count). The highest BCUT2D eigenvalue weighted by Crippen LogP contribution is 2.53.